The maximum Gasteiger partial charge on any atom is 0.352 e. The van der Waals surface area contributed by atoms with E-state index < -0.39 is 5.97 Å². The van der Waals surface area contributed by atoms with E-state index in [1.54, 1.807) is 12.1 Å². The van der Waals surface area contributed by atoms with Gasteiger partial charge in [0.05, 0.1) is 6.54 Å². The van der Waals surface area contributed by atoms with Crippen LogP contribution in [-0.4, -0.2) is 32.8 Å². The summed E-state index contributed by atoms with van der Waals surface area (Å²) in [7, 11) is 0. The molecule has 1 aliphatic rings. The third-order valence-corrected chi connectivity index (χ3v) is 2.62. The highest BCUT2D eigenvalue weighted by Crippen LogP contribution is 2.16. The molecule has 94 valence electrons. The lowest BCUT2D eigenvalue weighted by Crippen LogP contribution is -2.33. The Morgan fingerprint density at radius 3 is 2.56 bits per heavy atom. The summed E-state index contributed by atoms with van der Waals surface area (Å²) >= 11 is 0. The molecule has 1 aliphatic heterocycles. The predicted octanol–water partition coefficient (Wildman–Crippen LogP) is 0.955. The molecule has 0 atom stereocenters. The zero-order chi connectivity index (χ0) is 13.1. The summed E-state index contributed by atoms with van der Waals surface area (Å²) in [5.74, 6) is -1.16. The van der Waals surface area contributed by atoms with Crippen LogP contribution in [0, 0.1) is 0 Å². The standard InChI is InChI=1S/C12H12N2O4/c15-9-3-1-8(2-4-9)7-14-11(16)6-5-10(13-14)12(17)18/h1-4,15H,5-7H2,(H,17,18). The molecule has 0 aromatic heterocycles. The second kappa shape index (κ2) is 4.87. The molecule has 1 heterocycles. The van der Waals surface area contributed by atoms with E-state index in [0.717, 1.165) is 10.6 Å². The van der Waals surface area contributed by atoms with Gasteiger partial charge < -0.3 is 10.2 Å². The van der Waals surface area contributed by atoms with E-state index in [-0.39, 0.29) is 36.8 Å². The average Bonchev–Trinajstić information content (AvgIpc) is 2.34. The summed E-state index contributed by atoms with van der Waals surface area (Å²) in [6.45, 7) is 0.204. The fourth-order valence-corrected chi connectivity index (χ4v) is 1.65. The van der Waals surface area contributed by atoms with Gasteiger partial charge in [0.2, 0.25) is 5.91 Å². The number of nitrogens with zero attached hydrogens (tertiary/aromatic N) is 2. The maximum absolute atomic E-state index is 11.6. The first-order valence-corrected chi connectivity index (χ1v) is 5.45. The normalized spacial score (nSPS) is 15.4. The molecule has 0 aliphatic carbocycles. The van der Waals surface area contributed by atoms with Crippen molar-refractivity contribution in [1.29, 1.82) is 0 Å². The summed E-state index contributed by atoms with van der Waals surface area (Å²) < 4.78 is 0. The predicted molar refractivity (Wildman–Crippen MR) is 63.0 cm³/mol. The number of hydrazone groups is 1. The van der Waals surface area contributed by atoms with E-state index in [9.17, 15) is 9.59 Å². The molecule has 2 N–H and O–H groups in total. The van der Waals surface area contributed by atoms with Gasteiger partial charge in [-0.15, -0.1) is 0 Å². The number of amides is 1. The summed E-state index contributed by atoms with van der Waals surface area (Å²) in [6.07, 6.45) is 0.323. The van der Waals surface area contributed by atoms with Gasteiger partial charge >= 0.3 is 5.97 Å². The Morgan fingerprint density at radius 2 is 1.94 bits per heavy atom. The largest absolute Gasteiger partial charge is 0.508 e. The van der Waals surface area contributed by atoms with Gasteiger partial charge in [-0.25, -0.2) is 9.80 Å². The van der Waals surface area contributed by atoms with Crippen LogP contribution in [0.15, 0.2) is 29.4 Å². The number of hydrogen-bond acceptors (Lipinski definition) is 4. The quantitative estimate of drug-likeness (QED) is 0.833. The summed E-state index contributed by atoms with van der Waals surface area (Å²) in [6, 6.07) is 6.33. The SMILES string of the molecule is O=C(O)C1=NN(Cc2ccc(O)cc2)C(=O)CC1. The van der Waals surface area contributed by atoms with Crippen LogP contribution in [0.3, 0.4) is 0 Å². The number of carboxylic acid groups (broad SMARTS) is 1. The van der Waals surface area contributed by atoms with Crippen LogP contribution < -0.4 is 0 Å². The van der Waals surface area contributed by atoms with Gasteiger partial charge in [-0.1, -0.05) is 12.1 Å². The number of aliphatic carboxylic acids is 1. The van der Waals surface area contributed by atoms with Gasteiger partial charge in [-0.3, -0.25) is 4.79 Å². The van der Waals surface area contributed by atoms with Crippen LogP contribution in [0.5, 0.6) is 5.75 Å². The third kappa shape index (κ3) is 2.65. The molecule has 6 heteroatoms. The number of aromatic hydroxyl groups is 1. The Balaban J connectivity index is 2.16. The lowest BCUT2D eigenvalue weighted by Gasteiger charge is -2.22. The minimum atomic E-state index is -1.10. The van der Waals surface area contributed by atoms with E-state index in [1.165, 1.54) is 12.1 Å². The van der Waals surface area contributed by atoms with E-state index in [0.29, 0.717) is 0 Å². The molecule has 6 nitrogen and oxygen atoms in total. The molecular formula is C12H12N2O4. The second-order valence-electron chi connectivity index (χ2n) is 3.97. The van der Waals surface area contributed by atoms with Crippen molar-refractivity contribution in [2.75, 3.05) is 0 Å². The zero-order valence-electron chi connectivity index (χ0n) is 9.54. The molecule has 0 saturated heterocycles. The van der Waals surface area contributed by atoms with Gasteiger partial charge in [0.1, 0.15) is 11.5 Å². The molecule has 0 bridgehead atoms. The molecule has 1 aromatic carbocycles. The van der Waals surface area contributed by atoms with Crippen LogP contribution in [0.2, 0.25) is 0 Å². The van der Waals surface area contributed by atoms with Crippen LogP contribution in [0.4, 0.5) is 0 Å². The smallest absolute Gasteiger partial charge is 0.352 e. The summed E-state index contributed by atoms with van der Waals surface area (Å²) in [5, 5.41) is 23.0. The Kier molecular flexibility index (Phi) is 3.27. The van der Waals surface area contributed by atoms with Crippen molar-refractivity contribution >= 4 is 17.6 Å². The highest BCUT2D eigenvalue weighted by molar-refractivity contribution is 6.36. The van der Waals surface area contributed by atoms with E-state index in [1.807, 2.05) is 0 Å². The van der Waals surface area contributed by atoms with E-state index in [4.69, 9.17) is 10.2 Å². The lowest BCUT2D eigenvalue weighted by molar-refractivity contribution is -0.133. The van der Waals surface area contributed by atoms with Gasteiger partial charge in [0, 0.05) is 12.8 Å². The number of benzene rings is 1. The number of carbonyl (C=O) groups excluding carboxylic acids is 1. The Bertz CT molecular complexity index is 507. The van der Waals surface area contributed by atoms with Crippen molar-refractivity contribution in [3.8, 4) is 5.75 Å². The molecule has 18 heavy (non-hydrogen) atoms. The number of phenols is 1. The van der Waals surface area contributed by atoms with Crippen molar-refractivity contribution in [3.05, 3.63) is 29.8 Å². The number of carbonyl (C=O) groups is 2. The first kappa shape index (κ1) is 12.1. The van der Waals surface area contributed by atoms with Crippen LogP contribution in [-0.2, 0) is 16.1 Å². The van der Waals surface area contributed by atoms with Gasteiger partial charge in [-0.05, 0) is 17.7 Å². The van der Waals surface area contributed by atoms with Crippen molar-refractivity contribution in [2.45, 2.75) is 19.4 Å². The second-order valence-corrected chi connectivity index (χ2v) is 3.97. The zero-order valence-corrected chi connectivity index (χ0v) is 9.54. The first-order valence-electron chi connectivity index (χ1n) is 5.45. The molecule has 0 spiro atoms. The Morgan fingerprint density at radius 1 is 1.28 bits per heavy atom. The molecule has 0 fully saturated rings. The highest BCUT2D eigenvalue weighted by atomic mass is 16.4. The molecule has 0 unspecified atom stereocenters. The fraction of sp³-hybridized carbons (Fsp3) is 0.250. The molecule has 0 saturated carbocycles. The van der Waals surface area contributed by atoms with E-state index >= 15 is 0 Å². The molecule has 1 amide bonds. The summed E-state index contributed by atoms with van der Waals surface area (Å²) in [4.78, 5) is 22.4. The fourth-order valence-electron chi connectivity index (χ4n) is 1.65. The Hall–Kier alpha value is -2.37. The van der Waals surface area contributed by atoms with Crippen LogP contribution in [0.25, 0.3) is 0 Å². The maximum atomic E-state index is 11.6. The van der Waals surface area contributed by atoms with Crippen LogP contribution >= 0.6 is 0 Å². The summed E-state index contributed by atoms with van der Waals surface area (Å²) in [5.41, 5.74) is 0.768. The third-order valence-electron chi connectivity index (χ3n) is 2.62. The molecule has 0 radical (unpaired) electrons. The topological polar surface area (TPSA) is 90.2 Å². The number of phenolic OH excluding ortho intramolecular Hbond substituents is 1. The Labute approximate surface area is 103 Å². The number of carboxylic acids is 1. The number of hydrogen-bond donors (Lipinski definition) is 2. The molecule has 1 aromatic rings. The van der Waals surface area contributed by atoms with Gasteiger partial charge in [0.15, 0.2) is 0 Å². The van der Waals surface area contributed by atoms with Crippen molar-refractivity contribution < 1.29 is 19.8 Å². The molecular weight excluding hydrogens is 236 g/mol. The van der Waals surface area contributed by atoms with Crippen LogP contribution in [0.1, 0.15) is 18.4 Å². The first-order chi connectivity index (χ1) is 8.56. The van der Waals surface area contributed by atoms with Gasteiger partial charge in [-0.2, -0.15) is 5.10 Å². The monoisotopic (exact) mass is 248 g/mol. The van der Waals surface area contributed by atoms with Crippen molar-refractivity contribution in [3.63, 3.8) is 0 Å². The van der Waals surface area contributed by atoms with E-state index in [2.05, 4.69) is 5.10 Å². The lowest BCUT2D eigenvalue weighted by atomic mass is 10.1. The number of rotatable bonds is 3. The molecule has 2 rings (SSSR count). The van der Waals surface area contributed by atoms with Crippen molar-refractivity contribution in [2.24, 2.45) is 5.10 Å². The minimum absolute atomic E-state index is 0.00613. The van der Waals surface area contributed by atoms with Gasteiger partial charge in [0.25, 0.3) is 0 Å². The van der Waals surface area contributed by atoms with Crippen molar-refractivity contribution in [1.82, 2.24) is 5.01 Å². The average molecular weight is 248 g/mol. The highest BCUT2D eigenvalue weighted by Gasteiger charge is 2.23. The minimum Gasteiger partial charge on any atom is -0.508 e.